The predicted octanol–water partition coefficient (Wildman–Crippen LogP) is 3.26. The molecule has 0 aromatic carbocycles. The highest BCUT2D eigenvalue weighted by molar-refractivity contribution is 7.98. The summed E-state index contributed by atoms with van der Waals surface area (Å²) in [7, 11) is 0. The van der Waals surface area contributed by atoms with E-state index in [9.17, 15) is 0 Å². The van der Waals surface area contributed by atoms with Gasteiger partial charge >= 0.3 is 6.01 Å². The minimum absolute atomic E-state index is 0.158. The average molecular weight is 305 g/mol. The Morgan fingerprint density at radius 1 is 1.21 bits per heavy atom. The summed E-state index contributed by atoms with van der Waals surface area (Å²) in [6.45, 7) is 3.44. The van der Waals surface area contributed by atoms with Crippen LogP contribution in [0.3, 0.4) is 0 Å². The number of nitrogens with zero attached hydrogens (tertiary/aromatic N) is 3. The van der Waals surface area contributed by atoms with Crippen LogP contribution < -0.4 is 10.1 Å². The molecule has 0 unspecified atom stereocenters. The molecule has 0 bridgehead atoms. The van der Waals surface area contributed by atoms with Gasteiger partial charge in [0.25, 0.3) is 0 Å². The lowest BCUT2D eigenvalue weighted by molar-refractivity contribution is 0.291. The fourth-order valence-corrected chi connectivity index (χ4v) is 2.06. The molecule has 5 nitrogen and oxygen atoms in total. The average Bonchev–Trinajstić information content (AvgIpc) is 2.40. The number of thioether (sulfide) groups is 1. The molecule has 0 radical (unpaired) electrons. The van der Waals surface area contributed by atoms with Crippen molar-refractivity contribution in [2.24, 2.45) is 0 Å². The lowest BCUT2D eigenvalue weighted by Crippen LogP contribution is -2.08. The number of hydrogen-bond acceptors (Lipinski definition) is 6. The van der Waals surface area contributed by atoms with E-state index in [0.29, 0.717) is 12.6 Å². The molecule has 0 aliphatic carbocycles. The number of anilines is 1. The van der Waals surface area contributed by atoms with Crippen molar-refractivity contribution in [1.82, 2.24) is 15.0 Å². The van der Waals surface area contributed by atoms with E-state index < -0.39 is 0 Å². The molecular weight excluding hydrogens is 284 g/mol. The van der Waals surface area contributed by atoms with Gasteiger partial charge in [-0.25, -0.2) is 0 Å². The molecular formula is C12H21ClN4OS. The minimum Gasteiger partial charge on any atom is -0.463 e. The standard InChI is InChI=1S/C12H21ClN4OS/c1-3-8-18-12-16-10(13)15-11(17-12)14-7-5-4-6-9-19-2/h3-9H2,1-2H3,(H,14,15,16,17). The van der Waals surface area contributed by atoms with Gasteiger partial charge in [0, 0.05) is 6.54 Å². The van der Waals surface area contributed by atoms with E-state index in [-0.39, 0.29) is 11.3 Å². The Balaban J connectivity index is 2.34. The number of nitrogens with one attached hydrogen (secondary N) is 1. The predicted molar refractivity (Wildman–Crippen MR) is 81.3 cm³/mol. The first-order valence-corrected chi connectivity index (χ1v) is 8.30. The van der Waals surface area contributed by atoms with E-state index >= 15 is 0 Å². The van der Waals surface area contributed by atoms with Crippen molar-refractivity contribution in [3.8, 4) is 6.01 Å². The maximum atomic E-state index is 5.83. The number of ether oxygens (including phenoxy) is 1. The van der Waals surface area contributed by atoms with E-state index in [4.69, 9.17) is 16.3 Å². The molecule has 0 aliphatic rings. The first-order chi connectivity index (χ1) is 9.26. The highest BCUT2D eigenvalue weighted by Gasteiger charge is 2.05. The van der Waals surface area contributed by atoms with Gasteiger partial charge in [0.05, 0.1) is 6.61 Å². The van der Waals surface area contributed by atoms with Crippen LogP contribution in [0.5, 0.6) is 6.01 Å². The normalized spacial score (nSPS) is 10.5. The van der Waals surface area contributed by atoms with Gasteiger partial charge in [-0.3, -0.25) is 0 Å². The van der Waals surface area contributed by atoms with Crippen molar-refractivity contribution in [3.63, 3.8) is 0 Å². The summed E-state index contributed by atoms with van der Waals surface area (Å²) >= 11 is 7.71. The van der Waals surface area contributed by atoms with E-state index in [0.717, 1.165) is 19.4 Å². The van der Waals surface area contributed by atoms with E-state index in [2.05, 4.69) is 26.5 Å². The summed E-state index contributed by atoms with van der Waals surface area (Å²) in [5, 5.41) is 3.30. The Hall–Kier alpha value is -0.750. The molecule has 1 rings (SSSR count). The van der Waals surface area contributed by atoms with Crippen LogP contribution in [0.15, 0.2) is 0 Å². The van der Waals surface area contributed by atoms with Gasteiger partial charge in [0.2, 0.25) is 11.2 Å². The zero-order chi connectivity index (χ0) is 13.9. The number of unbranched alkanes of at least 4 members (excludes halogenated alkanes) is 2. The second kappa shape index (κ2) is 10.1. The molecule has 7 heteroatoms. The lowest BCUT2D eigenvalue weighted by Gasteiger charge is -2.07. The maximum Gasteiger partial charge on any atom is 0.322 e. The molecule has 0 amide bonds. The molecule has 0 saturated heterocycles. The molecule has 108 valence electrons. The number of hydrogen-bond donors (Lipinski definition) is 1. The summed E-state index contributed by atoms with van der Waals surface area (Å²) in [6.07, 6.45) is 6.57. The Morgan fingerprint density at radius 3 is 2.79 bits per heavy atom. The Kier molecular flexibility index (Phi) is 8.66. The van der Waals surface area contributed by atoms with Crippen LogP contribution in [0.25, 0.3) is 0 Å². The fraction of sp³-hybridized carbons (Fsp3) is 0.750. The monoisotopic (exact) mass is 304 g/mol. The van der Waals surface area contributed by atoms with Gasteiger partial charge in [-0.05, 0) is 42.9 Å². The molecule has 1 aromatic heterocycles. The third-order valence-corrected chi connectivity index (χ3v) is 3.20. The third kappa shape index (κ3) is 7.42. The first kappa shape index (κ1) is 16.3. The topological polar surface area (TPSA) is 59.9 Å². The zero-order valence-corrected chi connectivity index (χ0v) is 13.1. The minimum atomic E-state index is 0.158. The van der Waals surface area contributed by atoms with Crippen LogP contribution in [0.4, 0.5) is 5.95 Å². The molecule has 1 aromatic rings. The van der Waals surface area contributed by atoms with Gasteiger partial charge in [-0.2, -0.15) is 26.7 Å². The number of aromatic nitrogens is 3. The molecule has 0 aliphatic heterocycles. The third-order valence-electron chi connectivity index (χ3n) is 2.33. The molecule has 1 heterocycles. The molecule has 0 fully saturated rings. The first-order valence-electron chi connectivity index (χ1n) is 6.53. The van der Waals surface area contributed by atoms with Gasteiger partial charge in [-0.15, -0.1) is 0 Å². The van der Waals surface area contributed by atoms with Crippen molar-refractivity contribution in [3.05, 3.63) is 5.28 Å². The second-order valence-corrected chi connectivity index (χ2v) is 5.36. The maximum absolute atomic E-state index is 5.83. The Morgan fingerprint density at radius 2 is 2.05 bits per heavy atom. The molecule has 19 heavy (non-hydrogen) atoms. The van der Waals surface area contributed by atoms with Gasteiger partial charge in [0.15, 0.2) is 0 Å². The van der Waals surface area contributed by atoms with Crippen LogP contribution in [0.1, 0.15) is 32.6 Å². The summed E-state index contributed by atoms with van der Waals surface area (Å²) in [5.74, 6) is 1.70. The van der Waals surface area contributed by atoms with Crippen molar-refractivity contribution >= 4 is 29.3 Å². The smallest absolute Gasteiger partial charge is 0.322 e. The zero-order valence-electron chi connectivity index (χ0n) is 11.5. The summed E-state index contributed by atoms with van der Waals surface area (Å²) < 4.78 is 5.35. The highest BCUT2D eigenvalue weighted by atomic mass is 35.5. The molecule has 0 spiro atoms. The highest BCUT2D eigenvalue weighted by Crippen LogP contribution is 2.12. The van der Waals surface area contributed by atoms with Crippen LogP contribution in [0, 0.1) is 0 Å². The number of halogens is 1. The van der Waals surface area contributed by atoms with Crippen molar-refractivity contribution < 1.29 is 4.74 Å². The Bertz CT molecular complexity index is 368. The van der Waals surface area contributed by atoms with Crippen LogP contribution in [-0.4, -0.2) is 40.1 Å². The Labute approximate surface area is 123 Å². The largest absolute Gasteiger partial charge is 0.463 e. The van der Waals surface area contributed by atoms with Crippen molar-refractivity contribution in [1.29, 1.82) is 0 Å². The lowest BCUT2D eigenvalue weighted by atomic mass is 10.2. The van der Waals surface area contributed by atoms with E-state index in [1.807, 2.05) is 18.7 Å². The van der Waals surface area contributed by atoms with E-state index in [1.165, 1.54) is 18.6 Å². The quantitative estimate of drug-likeness (QED) is 0.670. The van der Waals surface area contributed by atoms with Crippen molar-refractivity contribution in [2.75, 3.05) is 30.5 Å². The van der Waals surface area contributed by atoms with Crippen LogP contribution >= 0.6 is 23.4 Å². The van der Waals surface area contributed by atoms with Crippen molar-refractivity contribution in [2.45, 2.75) is 32.6 Å². The van der Waals surface area contributed by atoms with Gasteiger partial charge in [-0.1, -0.05) is 13.3 Å². The van der Waals surface area contributed by atoms with Gasteiger partial charge < -0.3 is 10.1 Å². The van der Waals surface area contributed by atoms with E-state index in [1.54, 1.807) is 0 Å². The molecule has 1 N–H and O–H groups in total. The summed E-state index contributed by atoms with van der Waals surface area (Å²) in [4.78, 5) is 12.1. The van der Waals surface area contributed by atoms with Crippen LogP contribution in [-0.2, 0) is 0 Å². The summed E-state index contributed by atoms with van der Waals surface area (Å²) in [6, 6.07) is 0.284. The molecule has 0 saturated carbocycles. The number of rotatable bonds is 10. The second-order valence-electron chi connectivity index (χ2n) is 4.04. The fourth-order valence-electron chi connectivity index (χ4n) is 1.42. The molecule has 0 atom stereocenters. The van der Waals surface area contributed by atoms with Crippen LogP contribution in [0.2, 0.25) is 5.28 Å². The SMILES string of the molecule is CCCOc1nc(Cl)nc(NCCCCCSC)n1. The summed E-state index contributed by atoms with van der Waals surface area (Å²) in [5.41, 5.74) is 0. The van der Waals surface area contributed by atoms with Gasteiger partial charge in [0.1, 0.15) is 0 Å².